The molecule has 0 spiro atoms. The van der Waals surface area contributed by atoms with E-state index in [1.165, 1.54) is 4.90 Å². The van der Waals surface area contributed by atoms with Crippen LogP contribution in [0.3, 0.4) is 0 Å². The molecule has 8 nitrogen and oxygen atoms in total. The summed E-state index contributed by atoms with van der Waals surface area (Å²) >= 11 is 0. The number of hydrogen-bond donors (Lipinski definition) is 0. The smallest absolute Gasteiger partial charge is 0.339 e. The van der Waals surface area contributed by atoms with Crippen molar-refractivity contribution in [2.75, 3.05) is 26.8 Å². The fourth-order valence-corrected chi connectivity index (χ4v) is 4.03. The minimum atomic E-state index is -0.653. The second-order valence-electron chi connectivity index (χ2n) is 8.27. The molecule has 0 N–H and O–H groups in total. The molecule has 37 heavy (non-hydrogen) atoms. The number of nitrogens with zero attached hydrogens (tertiary/aromatic N) is 4. The van der Waals surface area contributed by atoms with Crippen LogP contribution in [0.2, 0.25) is 0 Å². The van der Waals surface area contributed by atoms with Gasteiger partial charge in [0, 0.05) is 24.0 Å². The topological polar surface area (TPSA) is 116 Å². The van der Waals surface area contributed by atoms with Crippen LogP contribution < -0.4 is 4.74 Å². The van der Waals surface area contributed by atoms with Crippen LogP contribution in [0.4, 0.5) is 0 Å². The summed E-state index contributed by atoms with van der Waals surface area (Å²) in [4.78, 5) is 31.9. The first-order valence-corrected chi connectivity index (χ1v) is 11.7. The number of aromatic nitrogens is 1. The Hall–Kier alpha value is -4.95. The van der Waals surface area contributed by atoms with Gasteiger partial charge in [0.25, 0.3) is 5.91 Å². The summed E-state index contributed by atoms with van der Waals surface area (Å²) in [5.74, 6) is -0.343. The maximum absolute atomic E-state index is 13.1. The molecule has 4 rings (SSSR count). The molecule has 0 saturated heterocycles. The van der Waals surface area contributed by atoms with Crippen molar-refractivity contribution in [2.45, 2.75) is 12.8 Å². The average molecular weight is 493 g/mol. The summed E-state index contributed by atoms with van der Waals surface area (Å²) in [5.41, 5.74) is 2.34. The number of nitriles is 2. The Morgan fingerprint density at radius 2 is 1.62 bits per heavy atom. The Morgan fingerprint density at radius 3 is 2.35 bits per heavy atom. The number of methoxy groups -OCH3 is 1. The molecular weight excluding hydrogens is 468 g/mol. The van der Waals surface area contributed by atoms with Gasteiger partial charge in [-0.3, -0.25) is 4.79 Å². The first kappa shape index (κ1) is 25.2. The van der Waals surface area contributed by atoms with Gasteiger partial charge in [0.1, 0.15) is 5.75 Å². The zero-order valence-electron chi connectivity index (χ0n) is 20.3. The normalized spacial score (nSPS) is 10.5. The van der Waals surface area contributed by atoms with Crippen molar-refractivity contribution < 1.29 is 19.1 Å². The van der Waals surface area contributed by atoms with Crippen LogP contribution in [0.5, 0.6) is 5.75 Å². The van der Waals surface area contributed by atoms with E-state index in [1.54, 1.807) is 25.3 Å². The zero-order valence-corrected chi connectivity index (χ0v) is 20.3. The number of hydrogen-bond acceptors (Lipinski definition) is 7. The van der Waals surface area contributed by atoms with Crippen LogP contribution in [0.15, 0.2) is 66.7 Å². The van der Waals surface area contributed by atoms with E-state index < -0.39 is 18.5 Å². The highest BCUT2D eigenvalue weighted by Crippen LogP contribution is 2.29. The summed E-state index contributed by atoms with van der Waals surface area (Å²) in [6.07, 6.45) is 0.254. The van der Waals surface area contributed by atoms with Gasteiger partial charge in [0.05, 0.1) is 48.9 Å². The number of fused-ring (bicyclic) bond motifs is 2. The third-order valence-corrected chi connectivity index (χ3v) is 5.95. The van der Waals surface area contributed by atoms with Crippen molar-refractivity contribution in [3.05, 3.63) is 72.3 Å². The number of rotatable bonds is 9. The molecule has 0 bridgehead atoms. The van der Waals surface area contributed by atoms with Crippen molar-refractivity contribution in [1.29, 1.82) is 10.5 Å². The third-order valence-electron chi connectivity index (χ3n) is 5.95. The van der Waals surface area contributed by atoms with Crippen LogP contribution in [0.1, 0.15) is 23.2 Å². The average Bonchev–Trinajstić information content (AvgIpc) is 2.94. The van der Waals surface area contributed by atoms with Gasteiger partial charge < -0.3 is 14.4 Å². The summed E-state index contributed by atoms with van der Waals surface area (Å²) in [6, 6.07) is 24.6. The van der Waals surface area contributed by atoms with Crippen LogP contribution in [-0.2, 0) is 9.53 Å². The fraction of sp³-hybridized carbons (Fsp3) is 0.207. The summed E-state index contributed by atoms with van der Waals surface area (Å²) < 4.78 is 10.7. The summed E-state index contributed by atoms with van der Waals surface area (Å²) in [5, 5.41) is 20.3. The van der Waals surface area contributed by atoms with Gasteiger partial charge in [0.2, 0.25) is 0 Å². The van der Waals surface area contributed by atoms with Crippen molar-refractivity contribution in [3.8, 4) is 29.1 Å². The molecule has 3 aromatic carbocycles. The maximum atomic E-state index is 13.1. The highest BCUT2D eigenvalue weighted by atomic mass is 16.5. The Labute approximate surface area is 214 Å². The zero-order chi connectivity index (χ0) is 26.2. The van der Waals surface area contributed by atoms with Gasteiger partial charge >= 0.3 is 5.97 Å². The molecular formula is C29H24N4O4. The molecule has 0 aliphatic carbocycles. The van der Waals surface area contributed by atoms with Gasteiger partial charge in [-0.2, -0.15) is 10.5 Å². The minimum Gasteiger partial charge on any atom is -0.497 e. The molecule has 1 aromatic heterocycles. The van der Waals surface area contributed by atoms with E-state index in [-0.39, 0.29) is 25.9 Å². The number of carbonyl (C=O) groups is 2. The highest BCUT2D eigenvalue weighted by molar-refractivity contribution is 6.05. The molecule has 184 valence electrons. The highest BCUT2D eigenvalue weighted by Gasteiger charge is 2.19. The number of benzene rings is 3. The second kappa shape index (κ2) is 11.7. The largest absolute Gasteiger partial charge is 0.497 e. The van der Waals surface area contributed by atoms with E-state index in [1.807, 2.05) is 60.7 Å². The monoisotopic (exact) mass is 492 g/mol. The predicted molar refractivity (Wildman–Crippen MR) is 139 cm³/mol. The standard InChI is InChI=1S/C29H24N4O4/c1-36-23-11-10-20-16-22(9-8-21(20)17-23)27-18-25(24-6-2-3-7-26(24)32-27)29(35)37-19-28(34)33(14-4-12-30)15-5-13-31/h2-3,6-11,16-18H,4-5,14-15,19H2,1H3. The minimum absolute atomic E-state index is 0.127. The van der Waals surface area contributed by atoms with E-state index >= 15 is 0 Å². The van der Waals surface area contributed by atoms with E-state index in [9.17, 15) is 9.59 Å². The van der Waals surface area contributed by atoms with Gasteiger partial charge in [0.15, 0.2) is 6.61 Å². The quantitative estimate of drug-likeness (QED) is 0.306. The fourth-order valence-electron chi connectivity index (χ4n) is 4.03. The summed E-state index contributed by atoms with van der Waals surface area (Å²) in [7, 11) is 1.62. The van der Waals surface area contributed by atoms with E-state index in [0.717, 1.165) is 22.1 Å². The Morgan fingerprint density at radius 1 is 0.919 bits per heavy atom. The number of esters is 1. The Balaban J connectivity index is 1.62. The first-order chi connectivity index (χ1) is 18.0. The lowest BCUT2D eigenvalue weighted by Gasteiger charge is -2.20. The number of carbonyl (C=O) groups excluding carboxylic acids is 2. The lowest BCUT2D eigenvalue weighted by atomic mass is 10.0. The molecule has 0 aliphatic heterocycles. The summed E-state index contributed by atoms with van der Waals surface area (Å²) in [6.45, 7) is -0.144. The third kappa shape index (κ3) is 5.83. The SMILES string of the molecule is COc1ccc2cc(-c3cc(C(=O)OCC(=O)N(CCC#N)CCC#N)c4ccccc4n3)ccc2c1. The molecule has 1 amide bonds. The van der Waals surface area contributed by atoms with E-state index in [4.69, 9.17) is 25.0 Å². The molecule has 0 atom stereocenters. The van der Waals surface area contributed by atoms with Crippen LogP contribution in [-0.4, -0.2) is 48.6 Å². The van der Waals surface area contributed by atoms with Gasteiger partial charge in [-0.25, -0.2) is 9.78 Å². The van der Waals surface area contributed by atoms with Crippen LogP contribution >= 0.6 is 0 Å². The van der Waals surface area contributed by atoms with E-state index in [0.29, 0.717) is 22.2 Å². The Kier molecular flexibility index (Phi) is 7.92. The molecule has 1 heterocycles. The van der Waals surface area contributed by atoms with Crippen LogP contribution in [0, 0.1) is 22.7 Å². The molecule has 8 heteroatoms. The number of para-hydroxylation sites is 1. The molecule has 0 saturated carbocycles. The predicted octanol–water partition coefficient (Wildman–Crippen LogP) is 4.88. The number of amides is 1. The maximum Gasteiger partial charge on any atom is 0.339 e. The van der Waals surface area contributed by atoms with Crippen molar-refractivity contribution in [2.24, 2.45) is 0 Å². The Bertz CT molecular complexity index is 1530. The molecule has 0 fully saturated rings. The lowest BCUT2D eigenvalue weighted by molar-refractivity contribution is -0.134. The van der Waals surface area contributed by atoms with Gasteiger partial charge in [-0.1, -0.05) is 36.4 Å². The number of ether oxygens (including phenoxy) is 2. The first-order valence-electron chi connectivity index (χ1n) is 11.7. The van der Waals surface area contributed by atoms with E-state index in [2.05, 4.69) is 0 Å². The molecule has 0 unspecified atom stereocenters. The van der Waals surface area contributed by atoms with Gasteiger partial charge in [-0.15, -0.1) is 0 Å². The van der Waals surface area contributed by atoms with Crippen molar-refractivity contribution >= 4 is 33.6 Å². The molecule has 0 radical (unpaired) electrons. The number of pyridine rings is 1. The van der Waals surface area contributed by atoms with Gasteiger partial charge in [-0.05, 0) is 41.1 Å². The van der Waals surface area contributed by atoms with Crippen molar-refractivity contribution in [1.82, 2.24) is 9.88 Å². The van der Waals surface area contributed by atoms with Crippen molar-refractivity contribution in [3.63, 3.8) is 0 Å². The molecule has 0 aliphatic rings. The lowest BCUT2D eigenvalue weighted by Crippen LogP contribution is -2.36. The van der Waals surface area contributed by atoms with Crippen LogP contribution in [0.25, 0.3) is 32.9 Å². The second-order valence-corrected chi connectivity index (χ2v) is 8.27. The molecule has 4 aromatic rings.